The maximum atomic E-state index is 11.9. The van der Waals surface area contributed by atoms with E-state index in [2.05, 4.69) is 15.9 Å². The number of hydrogen-bond donors (Lipinski definition) is 2. The quantitative estimate of drug-likeness (QED) is 0.495. The van der Waals surface area contributed by atoms with Gasteiger partial charge in [-0.15, -0.1) is 0 Å². The van der Waals surface area contributed by atoms with Gasteiger partial charge in [-0.3, -0.25) is 0 Å². The molecule has 2 rings (SSSR count). The zero-order valence-corrected chi connectivity index (χ0v) is 9.88. The average molecular weight is 286 g/mol. The number of rotatable bonds is 2. The molecule has 0 atom stereocenters. The van der Waals surface area contributed by atoms with Crippen LogP contribution < -0.4 is 4.43 Å². The second kappa shape index (κ2) is 4.23. The summed E-state index contributed by atoms with van der Waals surface area (Å²) in [6, 6.07) is 6.65. The van der Waals surface area contributed by atoms with Gasteiger partial charge >= 0.3 is 0 Å². The number of hydrogen-bond acceptors (Lipinski definition) is 3. The number of benzene rings is 1. The lowest BCUT2D eigenvalue weighted by atomic mass is 10.2. The van der Waals surface area contributed by atoms with Crippen molar-refractivity contribution in [2.75, 3.05) is 0 Å². The van der Waals surface area contributed by atoms with E-state index in [0.717, 1.165) is 4.73 Å². The molecule has 1 heterocycles. The molecule has 0 radical (unpaired) electrons. The second-order valence-corrected chi connectivity index (χ2v) is 3.84. The molecule has 0 aliphatic heterocycles. The maximum absolute atomic E-state index is 11.9. The summed E-state index contributed by atoms with van der Waals surface area (Å²) in [6.45, 7) is -0.421. The Morgan fingerprint density at radius 1 is 1.38 bits per heavy atom. The van der Waals surface area contributed by atoms with Gasteiger partial charge in [0.15, 0.2) is 5.52 Å². The topological polar surface area (TPSA) is 68.4 Å². The first-order chi connectivity index (χ1) is 7.70. The third-order valence-corrected chi connectivity index (χ3v) is 2.97. The molecule has 0 saturated heterocycles. The van der Waals surface area contributed by atoms with Crippen LogP contribution in [0, 0.1) is 4.91 Å². The highest BCUT2D eigenvalue weighted by molar-refractivity contribution is 9.08. The Bertz CT molecular complexity index is 594. The molecular formula is C10H10BrN2O3+. The summed E-state index contributed by atoms with van der Waals surface area (Å²) in [6.07, 6.45) is 0. The van der Waals surface area contributed by atoms with Gasteiger partial charge in [0.1, 0.15) is 12.3 Å². The summed E-state index contributed by atoms with van der Waals surface area (Å²) in [5, 5.41) is 19.3. The van der Waals surface area contributed by atoms with Crippen molar-refractivity contribution in [2.45, 2.75) is 11.9 Å². The van der Waals surface area contributed by atoms with Crippen molar-refractivity contribution in [3.8, 4) is 0 Å². The molecule has 0 fully saturated rings. The van der Waals surface area contributed by atoms with Gasteiger partial charge in [-0.25, -0.2) is 0 Å². The van der Waals surface area contributed by atoms with Crippen molar-refractivity contribution in [3.63, 3.8) is 0 Å². The van der Waals surface area contributed by atoms with Gasteiger partial charge in [0.2, 0.25) is 0 Å². The number of para-hydroxylation sites is 2. The van der Waals surface area contributed by atoms with Crippen molar-refractivity contribution in [2.24, 2.45) is 0 Å². The Morgan fingerprint density at radius 3 is 2.69 bits per heavy atom. The van der Waals surface area contributed by atoms with E-state index in [1.165, 1.54) is 0 Å². The van der Waals surface area contributed by atoms with E-state index in [4.69, 9.17) is 5.11 Å². The monoisotopic (exact) mass is 285 g/mol. The zero-order valence-electron chi connectivity index (χ0n) is 8.30. The van der Waals surface area contributed by atoms with Crippen molar-refractivity contribution < 1.29 is 14.7 Å². The minimum atomic E-state index is -0.421. The lowest BCUT2D eigenvalue weighted by Crippen LogP contribution is -2.28. The Balaban J connectivity index is 2.99. The van der Waals surface area contributed by atoms with Crippen LogP contribution in [0.1, 0.15) is 11.4 Å². The number of alkyl halides is 1. The Labute approximate surface area is 99.3 Å². The summed E-state index contributed by atoms with van der Waals surface area (Å²) >= 11 is 3.18. The third kappa shape index (κ3) is 1.50. The summed E-state index contributed by atoms with van der Waals surface area (Å²) in [7, 11) is 0. The molecule has 0 bridgehead atoms. The Hall–Kier alpha value is -1.40. The molecule has 84 valence electrons. The molecule has 0 aliphatic carbocycles. The van der Waals surface area contributed by atoms with Crippen LogP contribution in [0.5, 0.6) is 0 Å². The summed E-state index contributed by atoms with van der Waals surface area (Å²) in [5.74, 6) is 0. The van der Waals surface area contributed by atoms with Crippen LogP contribution in [-0.4, -0.2) is 15.0 Å². The van der Waals surface area contributed by atoms with Gasteiger partial charge in [0.05, 0.1) is 9.76 Å². The molecular weight excluding hydrogens is 276 g/mol. The molecule has 0 unspecified atom stereocenters. The van der Waals surface area contributed by atoms with Crippen molar-refractivity contribution >= 4 is 27.0 Å². The molecule has 2 N–H and O–H groups in total. The molecule has 1 aromatic carbocycles. The fraction of sp³-hybridized carbons (Fsp3) is 0.200. The fourth-order valence-electron chi connectivity index (χ4n) is 1.63. The highest BCUT2D eigenvalue weighted by Crippen LogP contribution is 2.15. The molecule has 0 amide bonds. The van der Waals surface area contributed by atoms with E-state index in [1.54, 1.807) is 24.3 Å². The van der Waals surface area contributed by atoms with Crippen LogP contribution in [-0.2, 0) is 11.9 Å². The summed E-state index contributed by atoms with van der Waals surface area (Å²) < 4.78 is 1.56. The number of nitrogens with zero attached hydrogens (tertiary/aromatic N) is 2. The van der Waals surface area contributed by atoms with Gasteiger partial charge in [0, 0.05) is 11.0 Å². The van der Waals surface area contributed by atoms with E-state index in [9.17, 15) is 10.1 Å². The number of aliphatic hydroxyl groups excluding tert-OH is 1. The predicted molar refractivity (Wildman–Crippen MR) is 61.0 cm³/mol. The molecule has 6 heteroatoms. The second-order valence-electron chi connectivity index (χ2n) is 3.28. The minimum absolute atomic E-state index is 0.137. The number of aliphatic hydroxyl groups is 1. The first kappa shape index (κ1) is 11.1. The number of aromatic nitrogens is 2. The van der Waals surface area contributed by atoms with E-state index in [-0.39, 0.29) is 11.0 Å². The molecule has 5 nitrogen and oxygen atoms in total. The van der Waals surface area contributed by atoms with E-state index in [1.807, 2.05) is 0 Å². The van der Waals surface area contributed by atoms with Gasteiger partial charge in [-0.05, 0) is 6.07 Å². The lowest BCUT2D eigenvalue weighted by molar-refractivity contribution is -0.480. The van der Waals surface area contributed by atoms with Gasteiger partial charge in [0.25, 0.3) is 11.2 Å². The van der Waals surface area contributed by atoms with Crippen molar-refractivity contribution in [3.05, 3.63) is 40.6 Å². The standard InChI is InChI=1S/C10H10BrN2O3/c11-5-9-10(6-14)13(16)8-4-2-1-3-7(8)12(9)15/h1-4,14-15H,5-6H2/q+1. The Morgan fingerprint density at radius 2 is 2.06 bits per heavy atom. The van der Waals surface area contributed by atoms with Crippen LogP contribution in [0.15, 0.2) is 24.3 Å². The highest BCUT2D eigenvalue weighted by Gasteiger charge is 2.23. The van der Waals surface area contributed by atoms with E-state index in [0.29, 0.717) is 21.2 Å². The molecule has 16 heavy (non-hydrogen) atoms. The first-order valence-electron chi connectivity index (χ1n) is 4.64. The van der Waals surface area contributed by atoms with Gasteiger partial charge in [-0.1, -0.05) is 28.1 Å². The van der Waals surface area contributed by atoms with Crippen molar-refractivity contribution in [1.82, 2.24) is 4.73 Å². The van der Waals surface area contributed by atoms with E-state index >= 15 is 0 Å². The van der Waals surface area contributed by atoms with Crippen LogP contribution in [0.4, 0.5) is 0 Å². The molecule has 0 spiro atoms. The largest absolute Gasteiger partial charge is 0.428 e. The molecule has 1 aromatic heterocycles. The number of fused-ring (bicyclic) bond motifs is 1. The third-order valence-electron chi connectivity index (χ3n) is 2.44. The van der Waals surface area contributed by atoms with Crippen LogP contribution in [0.25, 0.3) is 11.0 Å². The van der Waals surface area contributed by atoms with Gasteiger partial charge in [-0.2, -0.15) is 4.73 Å². The summed E-state index contributed by atoms with van der Waals surface area (Å²) in [4.78, 5) is 11.9. The molecule has 0 saturated carbocycles. The molecule has 2 aromatic rings. The zero-order chi connectivity index (χ0) is 11.7. The van der Waals surface area contributed by atoms with Crippen LogP contribution >= 0.6 is 15.9 Å². The van der Waals surface area contributed by atoms with Crippen LogP contribution in [0.2, 0.25) is 0 Å². The fourth-order valence-corrected chi connectivity index (χ4v) is 2.20. The predicted octanol–water partition coefficient (Wildman–Crippen LogP) is 1.18. The SMILES string of the molecule is O=[n+]1c(CO)c(CBr)n(O)c2ccccc21. The van der Waals surface area contributed by atoms with Crippen LogP contribution in [0.3, 0.4) is 0 Å². The molecule has 0 aliphatic rings. The highest BCUT2D eigenvalue weighted by atomic mass is 79.9. The normalized spacial score (nSPS) is 10.9. The number of halogens is 1. The summed E-state index contributed by atoms with van der Waals surface area (Å²) in [5.41, 5.74) is 1.21. The average Bonchev–Trinajstić information content (AvgIpc) is 2.33. The van der Waals surface area contributed by atoms with Gasteiger partial charge < -0.3 is 10.3 Å². The lowest BCUT2D eigenvalue weighted by Gasteiger charge is -2.06. The minimum Gasteiger partial charge on any atom is -0.428 e. The van der Waals surface area contributed by atoms with E-state index < -0.39 is 6.61 Å². The first-order valence-corrected chi connectivity index (χ1v) is 5.77. The Kier molecular flexibility index (Phi) is 2.93. The maximum Gasteiger partial charge on any atom is 0.290 e. The van der Waals surface area contributed by atoms with Crippen molar-refractivity contribution in [1.29, 1.82) is 0 Å². The smallest absolute Gasteiger partial charge is 0.290 e.